The van der Waals surface area contributed by atoms with Crippen LogP contribution < -0.4 is 4.46 Å². The fourth-order valence-electron chi connectivity index (χ4n) is 5.74. The summed E-state index contributed by atoms with van der Waals surface area (Å²) in [5, 5.41) is 11.9. The molecule has 0 spiro atoms. The van der Waals surface area contributed by atoms with E-state index in [1.807, 2.05) is 13.0 Å². The zero-order chi connectivity index (χ0) is 24.1. The number of carbonyl (C=O) groups is 1. The third kappa shape index (κ3) is 4.66. The van der Waals surface area contributed by atoms with E-state index in [0.29, 0.717) is 6.61 Å². The third-order valence-electron chi connectivity index (χ3n) is 8.83. The van der Waals surface area contributed by atoms with Gasteiger partial charge >= 0.3 is 207 Å². The number of rotatable bonds is 5. The fraction of sp³-hybridized carbons (Fsp3) is 0.667. The molecule has 4 rings (SSSR count). The van der Waals surface area contributed by atoms with Crippen molar-refractivity contribution in [3.05, 3.63) is 42.5 Å². The Morgan fingerprint density at radius 2 is 1.91 bits per heavy atom. The number of fused-ring (bicyclic) bond motifs is 3. The van der Waals surface area contributed by atoms with Gasteiger partial charge in [-0.15, -0.1) is 0 Å². The van der Waals surface area contributed by atoms with Crippen LogP contribution in [0.2, 0.25) is 22.9 Å². The van der Waals surface area contributed by atoms with E-state index in [1.165, 1.54) is 10.0 Å². The minimum atomic E-state index is -1.98. The summed E-state index contributed by atoms with van der Waals surface area (Å²) < 4.78 is 14.1. The maximum absolute atomic E-state index is 12.6. The van der Waals surface area contributed by atoms with Crippen molar-refractivity contribution in [1.29, 1.82) is 0 Å². The first-order valence-electron chi connectivity index (χ1n) is 12.3. The van der Waals surface area contributed by atoms with E-state index in [1.54, 1.807) is 0 Å². The molecule has 2 saturated carbocycles. The second kappa shape index (κ2) is 9.27. The van der Waals surface area contributed by atoms with E-state index in [2.05, 4.69) is 64.7 Å². The molecule has 1 saturated heterocycles. The van der Waals surface area contributed by atoms with Gasteiger partial charge in [0, 0.05) is 0 Å². The molecule has 0 amide bonds. The van der Waals surface area contributed by atoms with Crippen LogP contribution in [0.15, 0.2) is 42.5 Å². The minimum absolute atomic E-state index is 0.0415. The van der Waals surface area contributed by atoms with Gasteiger partial charge in [-0.05, 0) is 0 Å². The summed E-state index contributed by atoms with van der Waals surface area (Å²) >= 11 is 0.103. The van der Waals surface area contributed by atoms with Gasteiger partial charge in [0.25, 0.3) is 0 Å². The van der Waals surface area contributed by atoms with E-state index < -0.39 is 14.4 Å². The molecule has 0 aromatic heterocycles. The van der Waals surface area contributed by atoms with Gasteiger partial charge in [-0.25, -0.2) is 0 Å². The van der Waals surface area contributed by atoms with Crippen LogP contribution >= 0.6 is 0 Å². The predicted octanol–water partition coefficient (Wildman–Crippen LogP) is 4.58. The summed E-state index contributed by atoms with van der Waals surface area (Å²) in [6, 6.07) is 10.5. The standard InChI is InChI=1S/C27H40O4SeSi/c1-16-13-14-19-17(2)26(29)31-24(19)22-20(15-30-33(6,7)27(3,4)5)23(28)25(21(16)22)32-18-11-9-8-10-12-18/h8-12,17,19-25,28H,1,13-15H2,2-7H3/t17-,19-,20-,21-,22-,23-,24-,25+/m0/s1. The Morgan fingerprint density at radius 1 is 1.24 bits per heavy atom. The molecule has 33 heavy (non-hydrogen) atoms. The Kier molecular flexibility index (Phi) is 7.08. The first-order valence-corrected chi connectivity index (χ1v) is 17.1. The fourth-order valence-corrected chi connectivity index (χ4v) is 9.91. The van der Waals surface area contributed by atoms with E-state index in [-0.39, 0.29) is 66.5 Å². The van der Waals surface area contributed by atoms with E-state index >= 15 is 0 Å². The van der Waals surface area contributed by atoms with Crippen molar-refractivity contribution in [2.45, 2.75) is 75.7 Å². The normalized spacial score (nSPS) is 36.8. The van der Waals surface area contributed by atoms with Crippen LogP contribution in [0.5, 0.6) is 0 Å². The van der Waals surface area contributed by atoms with Crippen LogP contribution in [0, 0.1) is 29.6 Å². The van der Waals surface area contributed by atoms with Crippen LogP contribution in [0.25, 0.3) is 0 Å². The number of esters is 1. The molecule has 0 unspecified atom stereocenters. The van der Waals surface area contributed by atoms with Gasteiger partial charge < -0.3 is 0 Å². The molecule has 182 valence electrons. The van der Waals surface area contributed by atoms with Crippen molar-refractivity contribution in [1.82, 2.24) is 0 Å². The van der Waals surface area contributed by atoms with Gasteiger partial charge in [0.15, 0.2) is 0 Å². The Morgan fingerprint density at radius 3 is 2.55 bits per heavy atom. The van der Waals surface area contributed by atoms with Crippen LogP contribution in [0.3, 0.4) is 0 Å². The van der Waals surface area contributed by atoms with Gasteiger partial charge in [0.1, 0.15) is 0 Å². The molecule has 3 aliphatic rings. The predicted molar refractivity (Wildman–Crippen MR) is 136 cm³/mol. The number of aliphatic hydroxyl groups is 1. The van der Waals surface area contributed by atoms with Crippen molar-refractivity contribution >= 4 is 33.7 Å². The Bertz CT molecular complexity index is 880. The van der Waals surface area contributed by atoms with Crippen LogP contribution in [-0.4, -0.2) is 53.2 Å². The molecule has 1 N–H and O–H groups in total. The maximum atomic E-state index is 12.6. The average molecular weight is 536 g/mol. The molecule has 1 aliphatic heterocycles. The molecule has 0 radical (unpaired) electrons. The second-order valence-corrected chi connectivity index (χ2v) is 19.2. The van der Waals surface area contributed by atoms with Crippen molar-refractivity contribution in [3.63, 3.8) is 0 Å². The van der Waals surface area contributed by atoms with E-state index in [0.717, 1.165) is 12.8 Å². The molecule has 8 atom stereocenters. The van der Waals surface area contributed by atoms with Crippen molar-refractivity contribution in [3.8, 4) is 0 Å². The summed E-state index contributed by atoms with van der Waals surface area (Å²) in [6.07, 6.45) is 1.24. The van der Waals surface area contributed by atoms with Crippen LogP contribution in [0.4, 0.5) is 0 Å². The van der Waals surface area contributed by atoms with Crippen LogP contribution in [0.1, 0.15) is 40.5 Å². The monoisotopic (exact) mass is 536 g/mol. The molecule has 0 bridgehead atoms. The zero-order valence-corrected chi connectivity index (χ0v) is 23.6. The summed E-state index contributed by atoms with van der Waals surface area (Å²) in [7, 11) is -1.98. The quantitative estimate of drug-likeness (QED) is 0.341. The SMILES string of the molecule is C=C1CC[C@@H]2[C@H](OC(=O)[C@H]2C)[C@H]2[C@H](CO[Si](C)(C)C(C)(C)C)[C@H](O)[C@H]([Se]c3ccccc3)[C@@H]12. The number of aliphatic hydroxyl groups excluding tert-OH is 1. The summed E-state index contributed by atoms with van der Waals surface area (Å²) in [4.78, 5) is 12.7. The number of carbonyl (C=O) groups excluding carboxylic acids is 1. The van der Waals surface area contributed by atoms with Gasteiger partial charge in [-0.1, -0.05) is 0 Å². The molecular weight excluding hydrogens is 495 g/mol. The zero-order valence-electron chi connectivity index (χ0n) is 20.9. The first-order chi connectivity index (χ1) is 15.4. The van der Waals surface area contributed by atoms with Crippen molar-refractivity contribution in [2.75, 3.05) is 6.61 Å². The number of benzene rings is 1. The molecule has 2 aliphatic carbocycles. The molecule has 3 fully saturated rings. The molecular formula is C27H40O4SeSi. The Hall–Kier alpha value is -0.914. The van der Waals surface area contributed by atoms with E-state index in [4.69, 9.17) is 9.16 Å². The molecule has 6 heteroatoms. The van der Waals surface area contributed by atoms with Gasteiger partial charge in [-0.2, -0.15) is 0 Å². The van der Waals surface area contributed by atoms with Gasteiger partial charge in [-0.3, -0.25) is 0 Å². The van der Waals surface area contributed by atoms with Crippen LogP contribution in [-0.2, 0) is 14.0 Å². The summed E-state index contributed by atoms with van der Waals surface area (Å²) in [5.74, 6) is 0.247. The van der Waals surface area contributed by atoms with Gasteiger partial charge in [0.2, 0.25) is 0 Å². The van der Waals surface area contributed by atoms with Crippen molar-refractivity contribution in [2.24, 2.45) is 29.6 Å². The van der Waals surface area contributed by atoms with Crippen molar-refractivity contribution < 1.29 is 19.1 Å². The molecule has 1 aromatic carbocycles. The molecule has 1 aromatic rings. The average Bonchev–Trinajstić information content (AvgIpc) is 3.12. The van der Waals surface area contributed by atoms with E-state index in [9.17, 15) is 9.90 Å². The number of allylic oxidation sites excluding steroid dienone is 1. The molecule has 1 heterocycles. The topological polar surface area (TPSA) is 55.8 Å². The number of ether oxygens (including phenoxy) is 1. The third-order valence-corrected chi connectivity index (χ3v) is 16.2. The number of hydrogen-bond acceptors (Lipinski definition) is 4. The second-order valence-electron chi connectivity index (χ2n) is 11.8. The summed E-state index contributed by atoms with van der Waals surface area (Å²) in [6.45, 7) is 18.3. The first kappa shape index (κ1) is 25.2. The number of hydrogen-bond donors (Lipinski definition) is 1. The Labute approximate surface area is 206 Å². The Balaban J connectivity index is 1.69. The van der Waals surface area contributed by atoms with Gasteiger partial charge in [0.05, 0.1) is 0 Å². The molecule has 4 nitrogen and oxygen atoms in total. The summed E-state index contributed by atoms with van der Waals surface area (Å²) in [5.41, 5.74) is 1.23.